The Kier molecular flexibility index (Phi) is 3.03. The molecule has 1 fully saturated rings. The third-order valence-electron chi connectivity index (χ3n) is 2.85. The van der Waals surface area contributed by atoms with Gasteiger partial charge in [-0.25, -0.2) is 4.39 Å². The van der Waals surface area contributed by atoms with Gasteiger partial charge in [-0.3, -0.25) is 14.9 Å². The molecular weight excluding hydrogens is 227 g/mol. The summed E-state index contributed by atoms with van der Waals surface area (Å²) in [6, 6.07) is 3.89. The zero-order valence-corrected chi connectivity index (χ0v) is 8.93. The Labute approximate surface area is 96.8 Å². The van der Waals surface area contributed by atoms with Crippen LogP contribution in [0.1, 0.15) is 24.4 Å². The lowest BCUT2D eigenvalue weighted by Crippen LogP contribution is -2.45. The monoisotopic (exact) mass is 238 g/mol. The number of halogens is 1. The molecule has 0 aliphatic carbocycles. The van der Waals surface area contributed by atoms with Crippen molar-refractivity contribution >= 4 is 5.91 Å². The summed E-state index contributed by atoms with van der Waals surface area (Å²) in [5.41, 5.74) is 0.430. The van der Waals surface area contributed by atoms with E-state index < -0.39 is 22.8 Å². The van der Waals surface area contributed by atoms with Crippen molar-refractivity contribution in [1.82, 2.24) is 5.32 Å². The van der Waals surface area contributed by atoms with Gasteiger partial charge in [-0.2, -0.15) is 0 Å². The molecule has 5 nitrogen and oxygen atoms in total. The first-order valence-electron chi connectivity index (χ1n) is 5.26. The quantitative estimate of drug-likeness (QED) is 0.625. The van der Waals surface area contributed by atoms with Gasteiger partial charge in [-0.05, 0) is 17.7 Å². The van der Waals surface area contributed by atoms with Crippen molar-refractivity contribution in [2.45, 2.75) is 24.9 Å². The minimum atomic E-state index is -0.894. The predicted octanol–water partition coefficient (Wildman–Crippen LogP) is 1.42. The molecular formula is C11H11FN2O3. The standard InChI is InChI=1S/C11H11FN2O3/c12-8-3-1-2-7(6-8)11-9(14(16)17)4-5-10(15)13-11/h1-3,6,9,11H,4-5H2,(H,13,15)/t9-,11-/m0/s1. The molecule has 0 unspecified atom stereocenters. The van der Waals surface area contributed by atoms with Crippen molar-refractivity contribution in [2.75, 3.05) is 0 Å². The highest BCUT2D eigenvalue weighted by atomic mass is 19.1. The molecule has 1 amide bonds. The molecule has 1 heterocycles. The van der Waals surface area contributed by atoms with Crippen LogP contribution in [0.15, 0.2) is 24.3 Å². The largest absolute Gasteiger partial charge is 0.343 e. The number of benzene rings is 1. The number of carbonyl (C=O) groups is 1. The van der Waals surface area contributed by atoms with E-state index in [9.17, 15) is 19.3 Å². The average Bonchev–Trinajstić information content (AvgIpc) is 2.28. The normalized spacial score (nSPS) is 24.2. The minimum Gasteiger partial charge on any atom is -0.343 e. The van der Waals surface area contributed by atoms with Crippen LogP contribution in [0.5, 0.6) is 0 Å². The van der Waals surface area contributed by atoms with Crippen molar-refractivity contribution in [3.05, 3.63) is 45.8 Å². The van der Waals surface area contributed by atoms with Crippen molar-refractivity contribution in [1.29, 1.82) is 0 Å². The second-order valence-corrected chi connectivity index (χ2v) is 3.99. The first kappa shape index (κ1) is 11.5. The molecule has 1 aliphatic rings. The highest BCUT2D eigenvalue weighted by Crippen LogP contribution is 2.26. The van der Waals surface area contributed by atoms with Gasteiger partial charge in [-0.1, -0.05) is 12.1 Å². The molecule has 0 radical (unpaired) electrons. The molecule has 1 N–H and O–H groups in total. The van der Waals surface area contributed by atoms with Crippen LogP contribution in [0, 0.1) is 15.9 Å². The van der Waals surface area contributed by atoms with E-state index in [-0.39, 0.29) is 18.7 Å². The van der Waals surface area contributed by atoms with Gasteiger partial charge < -0.3 is 5.32 Å². The van der Waals surface area contributed by atoms with Crippen LogP contribution in [0.25, 0.3) is 0 Å². The number of piperidine rings is 1. The number of rotatable bonds is 2. The topological polar surface area (TPSA) is 72.2 Å². The Balaban J connectivity index is 2.32. The van der Waals surface area contributed by atoms with Crippen LogP contribution in [0.2, 0.25) is 0 Å². The van der Waals surface area contributed by atoms with Gasteiger partial charge in [0.2, 0.25) is 11.9 Å². The summed E-state index contributed by atoms with van der Waals surface area (Å²) in [5.74, 6) is -0.707. The molecule has 1 saturated heterocycles. The molecule has 0 saturated carbocycles. The van der Waals surface area contributed by atoms with Crippen LogP contribution >= 0.6 is 0 Å². The Hall–Kier alpha value is -1.98. The summed E-state index contributed by atoms with van der Waals surface area (Å²) < 4.78 is 13.1. The van der Waals surface area contributed by atoms with E-state index in [1.165, 1.54) is 18.2 Å². The summed E-state index contributed by atoms with van der Waals surface area (Å²) in [4.78, 5) is 21.7. The van der Waals surface area contributed by atoms with Crippen molar-refractivity contribution in [3.8, 4) is 0 Å². The number of hydrogen-bond acceptors (Lipinski definition) is 3. The van der Waals surface area contributed by atoms with Crippen LogP contribution in [0.3, 0.4) is 0 Å². The van der Waals surface area contributed by atoms with E-state index >= 15 is 0 Å². The lowest BCUT2D eigenvalue weighted by molar-refractivity contribution is -0.529. The van der Waals surface area contributed by atoms with E-state index in [0.29, 0.717) is 5.56 Å². The summed E-state index contributed by atoms with van der Waals surface area (Å²) in [7, 11) is 0. The number of hydrogen-bond donors (Lipinski definition) is 1. The molecule has 6 heteroatoms. The van der Waals surface area contributed by atoms with Crippen molar-refractivity contribution < 1.29 is 14.1 Å². The molecule has 1 aliphatic heterocycles. The molecule has 2 rings (SSSR count). The fourth-order valence-electron chi connectivity index (χ4n) is 2.02. The highest BCUT2D eigenvalue weighted by molar-refractivity contribution is 5.77. The lowest BCUT2D eigenvalue weighted by Gasteiger charge is -2.26. The maximum Gasteiger partial charge on any atom is 0.237 e. The molecule has 1 aromatic rings. The van der Waals surface area contributed by atoms with Crippen LogP contribution in [-0.4, -0.2) is 16.9 Å². The van der Waals surface area contributed by atoms with E-state index in [4.69, 9.17) is 0 Å². The van der Waals surface area contributed by atoms with Gasteiger partial charge in [0.15, 0.2) is 0 Å². The van der Waals surface area contributed by atoms with Gasteiger partial charge in [0.25, 0.3) is 0 Å². The number of nitrogens with one attached hydrogen (secondary N) is 1. The fraction of sp³-hybridized carbons (Fsp3) is 0.364. The minimum absolute atomic E-state index is 0.136. The van der Waals surface area contributed by atoms with Crippen molar-refractivity contribution in [3.63, 3.8) is 0 Å². The fourth-order valence-corrected chi connectivity index (χ4v) is 2.02. The van der Waals surface area contributed by atoms with E-state index in [2.05, 4.69) is 5.32 Å². The van der Waals surface area contributed by atoms with Gasteiger partial charge in [-0.15, -0.1) is 0 Å². The maximum atomic E-state index is 13.1. The van der Waals surface area contributed by atoms with E-state index in [1.807, 2.05) is 0 Å². The van der Waals surface area contributed by atoms with E-state index in [0.717, 1.165) is 0 Å². The maximum absolute atomic E-state index is 13.1. The predicted molar refractivity (Wildman–Crippen MR) is 57.3 cm³/mol. The smallest absolute Gasteiger partial charge is 0.237 e. The number of nitrogens with zero attached hydrogens (tertiary/aromatic N) is 1. The lowest BCUT2D eigenvalue weighted by atomic mass is 9.92. The Bertz CT molecular complexity index is 464. The Morgan fingerprint density at radius 2 is 2.24 bits per heavy atom. The highest BCUT2D eigenvalue weighted by Gasteiger charge is 2.38. The molecule has 0 spiro atoms. The van der Waals surface area contributed by atoms with Crippen molar-refractivity contribution in [2.24, 2.45) is 0 Å². The summed E-state index contributed by atoms with van der Waals surface area (Å²) in [6.45, 7) is 0. The summed E-state index contributed by atoms with van der Waals surface area (Å²) in [5, 5.41) is 13.4. The molecule has 2 atom stereocenters. The Morgan fingerprint density at radius 1 is 1.47 bits per heavy atom. The first-order valence-corrected chi connectivity index (χ1v) is 5.26. The van der Waals surface area contributed by atoms with Gasteiger partial charge in [0.05, 0.1) is 0 Å². The van der Waals surface area contributed by atoms with Gasteiger partial charge in [0, 0.05) is 17.8 Å². The zero-order valence-electron chi connectivity index (χ0n) is 8.93. The first-order chi connectivity index (χ1) is 8.08. The van der Waals surface area contributed by atoms with Crippen LogP contribution in [-0.2, 0) is 4.79 Å². The SMILES string of the molecule is O=C1CC[C@H]([N+](=O)[O-])[C@H](c2cccc(F)c2)N1. The second-order valence-electron chi connectivity index (χ2n) is 3.99. The molecule has 17 heavy (non-hydrogen) atoms. The van der Waals surface area contributed by atoms with E-state index in [1.54, 1.807) is 6.07 Å². The number of amides is 1. The van der Waals surface area contributed by atoms with Crippen LogP contribution in [0.4, 0.5) is 4.39 Å². The Morgan fingerprint density at radius 3 is 2.88 bits per heavy atom. The molecule has 1 aromatic carbocycles. The second kappa shape index (κ2) is 4.48. The van der Waals surface area contributed by atoms with Gasteiger partial charge >= 0.3 is 0 Å². The van der Waals surface area contributed by atoms with Gasteiger partial charge in [0.1, 0.15) is 11.9 Å². The summed E-state index contributed by atoms with van der Waals surface area (Å²) >= 11 is 0. The third-order valence-corrected chi connectivity index (χ3v) is 2.85. The number of nitro groups is 1. The number of carbonyl (C=O) groups excluding carboxylic acids is 1. The summed E-state index contributed by atoms with van der Waals surface area (Å²) in [6.07, 6.45) is 0.317. The van der Waals surface area contributed by atoms with Crippen LogP contribution < -0.4 is 5.32 Å². The average molecular weight is 238 g/mol. The molecule has 0 bridgehead atoms. The molecule has 90 valence electrons. The third kappa shape index (κ3) is 2.41. The molecule has 0 aromatic heterocycles. The zero-order chi connectivity index (χ0) is 12.4.